The van der Waals surface area contributed by atoms with Gasteiger partial charge in [-0.15, -0.1) is 0 Å². The predicted molar refractivity (Wildman–Crippen MR) is 124 cm³/mol. The van der Waals surface area contributed by atoms with Crippen LogP contribution in [-0.2, 0) is 11.3 Å². The molecule has 1 atom stereocenters. The van der Waals surface area contributed by atoms with Crippen molar-refractivity contribution in [2.24, 2.45) is 0 Å². The van der Waals surface area contributed by atoms with Gasteiger partial charge in [0.05, 0.1) is 30.4 Å². The molecule has 4 aromatic rings. The van der Waals surface area contributed by atoms with Gasteiger partial charge in [0.25, 0.3) is 0 Å². The third kappa shape index (κ3) is 4.14. The molecule has 1 aliphatic heterocycles. The van der Waals surface area contributed by atoms with Crippen LogP contribution in [0.4, 0.5) is 10.1 Å². The first-order valence-electron chi connectivity index (χ1n) is 10.9. The second-order valence-corrected chi connectivity index (χ2v) is 7.99. The van der Waals surface area contributed by atoms with Crippen LogP contribution in [0.1, 0.15) is 18.2 Å². The maximum absolute atomic E-state index is 14.3. The summed E-state index contributed by atoms with van der Waals surface area (Å²) in [5.74, 6) is 1.72. The number of rotatable bonds is 7. The van der Waals surface area contributed by atoms with Crippen LogP contribution in [0, 0.1) is 5.82 Å². The van der Waals surface area contributed by atoms with Crippen LogP contribution in [0.3, 0.4) is 0 Å². The Kier molecular flexibility index (Phi) is 5.69. The van der Waals surface area contributed by atoms with Gasteiger partial charge in [-0.25, -0.2) is 9.37 Å². The summed E-state index contributed by atoms with van der Waals surface area (Å²) in [7, 11) is 1.63. The van der Waals surface area contributed by atoms with E-state index in [1.165, 1.54) is 11.0 Å². The number of fused-ring (bicyclic) bond motifs is 1. The van der Waals surface area contributed by atoms with Gasteiger partial charge in [-0.3, -0.25) is 4.79 Å². The van der Waals surface area contributed by atoms with Crippen molar-refractivity contribution in [3.05, 3.63) is 84.4 Å². The lowest BCUT2D eigenvalue weighted by molar-refractivity contribution is -0.117. The Morgan fingerprint density at radius 3 is 2.52 bits per heavy atom. The Morgan fingerprint density at radius 1 is 1.00 bits per heavy atom. The average molecular weight is 445 g/mol. The minimum Gasteiger partial charge on any atom is -0.497 e. The summed E-state index contributed by atoms with van der Waals surface area (Å²) >= 11 is 0. The monoisotopic (exact) mass is 445 g/mol. The molecule has 0 N–H and O–H groups in total. The number of hydrogen-bond donors (Lipinski definition) is 0. The number of imidazole rings is 1. The summed E-state index contributed by atoms with van der Waals surface area (Å²) in [5.41, 5.74) is 2.17. The molecule has 0 radical (unpaired) electrons. The van der Waals surface area contributed by atoms with Gasteiger partial charge in [-0.05, 0) is 48.5 Å². The van der Waals surface area contributed by atoms with E-state index in [9.17, 15) is 9.18 Å². The van der Waals surface area contributed by atoms with Crippen molar-refractivity contribution in [1.82, 2.24) is 9.55 Å². The van der Waals surface area contributed by atoms with Gasteiger partial charge in [0.2, 0.25) is 5.91 Å². The van der Waals surface area contributed by atoms with Crippen molar-refractivity contribution in [2.75, 3.05) is 25.2 Å². The van der Waals surface area contributed by atoms with E-state index in [1.807, 2.05) is 48.5 Å². The first kappa shape index (κ1) is 21.0. The summed E-state index contributed by atoms with van der Waals surface area (Å²) in [4.78, 5) is 19.1. The fourth-order valence-electron chi connectivity index (χ4n) is 4.35. The molecular formula is C26H24FN3O3. The minimum atomic E-state index is -0.395. The van der Waals surface area contributed by atoms with Gasteiger partial charge in [-0.2, -0.15) is 0 Å². The molecule has 2 heterocycles. The summed E-state index contributed by atoms with van der Waals surface area (Å²) in [6.45, 7) is 1.41. The van der Waals surface area contributed by atoms with Crippen LogP contribution in [-0.4, -0.2) is 35.7 Å². The quantitative estimate of drug-likeness (QED) is 0.411. The number of halogens is 1. The van der Waals surface area contributed by atoms with E-state index < -0.39 is 5.82 Å². The number of methoxy groups -OCH3 is 1. The highest BCUT2D eigenvalue weighted by atomic mass is 19.1. The molecule has 0 aliphatic carbocycles. The SMILES string of the molecule is COc1ccc(OCCn2c([C@H]3CC(=O)N(c4ccccc4F)C3)nc3ccccc32)cc1. The molecule has 3 aromatic carbocycles. The molecule has 1 aromatic heterocycles. The zero-order valence-electron chi connectivity index (χ0n) is 18.3. The van der Waals surface area contributed by atoms with Crippen molar-refractivity contribution in [1.29, 1.82) is 0 Å². The number of benzene rings is 3. The van der Waals surface area contributed by atoms with E-state index in [4.69, 9.17) is 14.5 Å². The van der Waals surface area contributed by atoms with E-state index >= 15 is 0 Å². The normalized spacial score (nSPS) is 15.9. The van der Waals surface area contributed by atoms with Gasteiger partial charge in [-0.1, -0.05) is 24.3 Å². The Morgan fingerprint density at radius 2 is 1.73 bits per heavy atom. The number of hydrogen-bond acceptors (Lipinski definition) is 4. The number of carbonyl (C=O) groups is 1. The highest BCUT2D eigenvalue weighted by molar-refractivity contribution is 5.96. The number of ether oxygens (including phenoxy) is 2. The van der Waals surface area contributed by atoms with E-state index in [0.29, 0.717) is 25.4 Å². The first-order chi connectivity index (χ1) is 16.1. The van der Waals surface area contributed by atoms with E-state index in [0.717, 1.165) is 28.4 Å². The molecule has 0 bridgehead atoms. The van der Waals surface area contributed by atoms with Gasteiger partial charge in [0.1, 0.15) is 29.7 Å². The first-order valence-corrected chi connectivity index (χ1v) is 10.9. The highest BCUT2D eigenvalue weighted by Crippen LogP contribution is 2.34. The topological polar surface area (TPSA) is 56.6 Å². The Balaban J connectivity index is 1.38. The summed E-state index contributed by atoms with van der Waals surface area (Å²) in [6.07, 6.45) is 0.289. The van der Waals surface area contributed by atoms with Gasteiger partial charge < -0.3 is 18.9 Å². The maximum atomic E-state index is 14.3. The Bertz CT molecular complexity index is 1290. The fourth-order valence-corrected chi connectivity index (χ4v) is 4.35. The van der Waals surface area contributed by atoms with Crippen molar-refractivity contribution in [3.8, 4) is 11.5 Å². The Hall–Kier alpha value is -3.87. The molecule has 0 unspecified atom stereocenters. The molecule has 0 saturated carbocycles. The third-order valence-electron chi connectivity index (χ3n) is 5.96. The fraction of sp³-hybridized carbons (Fsp3) is 0.231. The highest BCUT2D eigenvalue weighted by Gasteiger charge is 2.35. The van der Waals surface area contributed by atoms with E-state index in [2.05, 4.69) is 4.57 Å². The van der Waals surface area contributed by atoms with Gasteiger partial charge in [0, 0.05) is 18.9 Å². The van der Waals surface area contributed by atoms with Crippen molar-refractivity contribution < 1.29 is 18.7 Å². The number of anilines is 1. The van der Waals surface area contributed by atoms with Crippen molar-refractivity contribution in [2.45, 2.75) is 18.9 Å². The molecule has 0 spiro atoms. The molecule has 6 nitrogen and oxygen atoms in total. The number of para-hydroxylation sites is 3. The van der Waals surface area contributed by atoms with Gasteiger partial charge in [0.15, 0.2) is 0 Å². The number of carbonyl (C=O) groups excluding carboxylic acids is 1. The Labute approximate surface area is 191 Å². The predicted octanol–water partition coefficient (Wildman–Crippen LogP) is 4.78. The summed E-state index contributed by atoms with van der Waals surface area (Å²) < 4.78 is 27.6. The molecule has 1 saturated heterocycles. The zero-order chi connectivity index (χ0) is 22.8. The summed E-state index contributed by atoms with van der Waals surface area (Å²) in [6, 6.07) is 21.7. The van der Waals surface area contributed by atoms with E-state index in [1.54, 1.807) is 25.3 Å². The number of aromatic nitrogens is 2. The zero-order valence-corrected chi connectivity index (χ0v) is 18.3. The largest absolute Gasteiger partial charge is 0.497 e. The molecule has 33 heavy (non-hydrogen) atoms. The molecule has 1 aliphatic rings. The second kappa shape index (κ2) is 8.94. The standard InChI is InChI=1S/C26H24FN3O3/c1-32-19-10-12-20(13-11-19)33-15-14-29-24-9-5-3-7-22(24)28-26(29)18-16-25(31)30(17-18)23-8-4-2-6-21(23)27/h2-13,18H,14-17H2,1H3/t18-/m0/s1. The van der Waals surface area contributed by atoms with Crippen LogP contribution < -0.4 is 14.4 Å². The third-order valence-corrected chi connectivity index (χ3v) is 5.96. The van der Waals surface area contributed by atoms with Crippen LogP contribution in [0.15, 0.2) is 72.8 Å². The van der Waals surface area contributed by atoms with Gasteiger partial charge >= 0.3 is 0 Å². The molecular weight excluding hydrogens is 421 g/mol. The smallest absolute Gasteiger partial charge is 0.227 e. The maximum Gasteiger partial charge on any atom is 0.227 e. The van der Waals surface area contributed by atoms with Crippen LogP contribution in [0.5, 0.6) is 11.5 Å². The molecule has 5 rings (SSSR count). The average Bonchev–Trinajstić information content (AvgIpc) is 3.40. The lowest BCUT2D eigenvalue weighted by atomic mass is 10.1. The van der Waals surface area contributed by atoms with Crippen LogP contribution in [0.25, 0.3) is 11.0 Å². The lowest BCUT2D eigenvalue weighted by Gasteiger charge is -2.18. The number of amides is 1. The molecule has 1 amide bonds. The van der Waals surface area contributed by atoms with Crippen molar-refractivity contribution >= 4 is 22.6 Å². The molecule has 168 valence electrons. The van der Waals surface area contributed by atoms with Crippen molar-refractivity contribution in [3.63, 3.8) is 0 Å². The molecule has 1 fully saturated rings. The van der Waals surface area contributed by atoms with Crippen LogP contribution in [0.2, 0.25) is 0 Å². The second-order valence-electron chi connectivity index (χ2n) is 7.99. The lowest BCUT2D eigenvalue weighted by Crippen LogP contribution is -2.25. The number of nitrogens with zero attached hydrogens (tertiary/aromatic N) is 3. The minimum absolute atomic E-state index is 0.0989. The summed E-state index contributed by atoms with van der Waals surface area (Å²) in [5, 5.41) is 0. The molecule has 7 heteroatoms. The van der Waals surface area contributed by atoms with Crippen LogP contribution >= 0.6 is 0 Å². The van der Waals surface area contributed by atoms with E-state index in [-0.39, 0.29) is 18.2 Å².